The minimum Gasteiger partial charge on any atom is -0.361 e. The summed E-state index contributed by atoms with van der Waals surface area (Å²) < 4.78 is 0. The highest BCUT2D eigenvalue weighted by atomic mass is 14.8. The van der Waals surface area contributed by atoms with Crippen LogP contribution >= 0.6 is 0 Å². The maximum Gasteiger partial charge on any atom is 0.0694 e. The van der Waals surface area contributed by atoms with Crippen molar-refractivity contribution < 1.29 is 0 Å². The molecule has 1 atom stereocenters. The Morgan fingerprint density at radius 3 is 2.50 bits per heavy atom. The van der Waals surface area contributed by atoms with Crippen molar-refractivity contribution >= 4 is 11.8 Å². The first kappa shape index (κ1) is 15.4. The van der Waals surface area contributed by atoms with Crippen LogP contribution in [0.1, 0.15) is 56.4 Å². The van der Waals surface area contributed by atoms with E-state index in [-0.39, 0.29) is 0 Å². The number of nitrogens with zero attached hydrogens (tertiary/aromatic N) is 1. The molecule has 0 bridgehead atoms. The summed E-state index contributed by atoms with van der Waals surface area (Å²) in [6, 6.07) is 0. The Balaban J connectivity index is 1.75. The number of H-pyrrole nitrogens is 1. The average molecular weight is 318 g/mol. The van der Waals surface area contributed by atoms with E-state index in [4.69, 9.17) is 0 Å². The number of aromatic amines is 1. The van der Waals surface area contributed by atoms with Gasteiger partial charge in [-0.25, -0.2) is 0 Å². The van der Waals surface area contributed by atoms with Gasteiger partial charge in [0.05, 0.1) is 5.70 Å². The Labute approximate surface area is 144 Å². The number of hydrogen-bond donors (Lipinski definition) is 1. The Hall–Kier alpha value is -2.09. The van der Waals surface area contributed by atoms with Gasteiger partial charge in [0.15, 0.2) is 0 Å². The molecule has 3 aliphatic rings. The molecule has 1 aromatic rings. The van der Waals surface area contributed by atoms with Gasteiger partial charge in [-0.3, -0.25) is 4.99 Å². The lowest BCUT2D eigenvalue weighted by Gasteiger charge is -2.29. The number of fused-ring (bicyclic) bond motifs is 1. The Morgan fingerprint density at radius 2 is 1.83 bits per heavy atom. The molecule has 0 saturated heterocycles. The Kier molecular flexibility index (Phi) is 3.71. The molecular formula is C22H26N2. The predicted octanol–water partition coefficient (Wildman–Crippen LogP) is 5.82. The van der Waals surface area contributed by atoms with Gasteiger partial charge in [0, 0.05) is 18.1 Å². The molecule has 0 aromatic carbocycles. The number of hydrogen-bond acceptors (Lipinski definition) is 1. The van der Waals surface area contributed by atoms with Crippen molar-refractivity contribution in [1.29, 1.82) is 0 Å². The second kappa shape index (κ2) is 5.77. The molecule has 2 heterocycles. The van der Waals surface area contributed by atoms with Crippen molar-refractivity contribution in [3.63, 3.8) is 0 Å². The highest BCUT2D eigenvalue weighted by Gasteiger charge is 2.26. The monoisotopic (exact) mass is 318 g/mol. The van der Waals surface area contributed by atoms with Crippen LogP contribution in [-0.2, 0) is 0 Å². The molecule has 124 valence electrons. The lowest BCUT2D eigenvalue weighted by molar-refractivity contribution is 0.511. The average Bonchev–Trinajstić information content (AvgIpc) is 3.10. The molecule has 0 saturated carbocycles. The first-order chi connectivity index (χ1) is 11.5. The normalized spacial score (nSPS) is 26.6. The number of aromatic nitrogens is 1. The zero-order valence-electron chi connectivity index (χ0n) is 15.2. The van der Waals surface area contributed by atoms with Crippen molar-refractivity contribution in [3.8, 4) is 0 Å². The lowest BCUT2D eigenvalue weighted by Crippen LogP contribution is -2.14. The summed E-state index contributed by atoms with van der Waals surface area (Å²) in [6.45, 7) is 8.75. The molecule has 0 radical (unpaired) electrons. The van der Waals surface area contributed by atoms with Crippen LogP contribution < -0.4 is 0 Å². The molecule has 1 aromatic heterocycles. The van der Waals surface area contributed by atoms with Gasteiger partial charge in [-0.15, -0.1) is 0 Å². The van der Waals surface area contributed by atoms with Crippen LogP contribution in [0.15, 0.2) is 51.3 Å². The molecule has 2 heteroatoms. The number of aryl methyl sites for hydroxylation is 1. The summed E-state index contributed by atoms with van der Waals surface area (Å²) >= 11 is 0. The molecule has 0 amide bonds. The third kappa shape index (κ3) is 2.45. The molecule has 1 aliphatic heterocycles. The maximum atomic E-state index is 4.66. The Bertz CT molecular complexity index is 853. The van der Waals surface area contributed by atoms with Gasteiger partial charge in [-0.05, 0) is 98.3 Å². The van der Waals surface area contributed by atoms with Gasteiger partial charge in [-0.2, -0.15) is 0 Å². The van der Waals surface area contributed by atoms with Gasteiger partial charge in [-0.1, -0.05) is 12.2 Å². The second-order valence-corrected chi connectivity index (χ2v) is 7.50. The second-order valence-electron chi connectivity index (χ2n) is 7.50. The van der Waals surface area contributed by atoms with Crippen molar-refractivity contribution in [2.75, 3.05) is 0 Å². The smallest absolute Gasteiger partial charge is 0.0694 e. The van der Waals surface area contributed by atoms with Crippen molar-refractivity contribution in [3.05, 3.63) is 63.2 Å². The van der Waals surface area contributed by atoms with Crippen LogP contribution in [0.3, 0.4) is 0 Å². The van der Waals surface area contributed by atoms with Crippen LogP contribution in [0.25, 0.3) is 5.57 Å². The molecule has 1 N–H and O–H groups in total. The lowest BCUT2D eigenvalue weighted by atomic mass is 9.76. The zero-order chi connectivity index (χ0) is 16.8. The van der Waals surface area contributed by atoms with E-state index in [1.54, 1.807) is 0 Å². The molecule has 4 rings (SSSR count). The van der Waals surface area contributed by atoms with E-state index in [1.807, 2.05) is 6.21 Å². The number of allylic oxidation sites excluding steroid dienone is 7. The third-order valence-corrected chi connectivity index (χ3v) is 6.04. The molecule has 1 unspecified atom stereocenters. The van der Waals surface area contributed by atoms with E-state index < -0.39 is 0 Å². The topological polar surface area (TPSA) is 28.1 Å². The summed E-state index contributed by atoms with van der Waals surface area (Å²) in [6.07, 6.45) is 13.9. The van der Waals surface area contributed by atoms with E-state index in [2.05, 4.69) is 56.0 Å². The van der Waals surface area contributed by atoms with Gasteiger partial charge in [0.1, 0.15) is 0 Å². The van der Waals surface area contributed by atoms with Gasteiger partial charge < -0.3 is 4.98 Å². The summed E-state index contributed by atoms with van der Waals surface area (Å²) in [5, 5.41) is 0. The first-order valence-corrected chi connectivity index (χ1v) is 9.06. The van der Waals surface area contributed by atoms with Gasteiger partial charge >= 0.3 is 0 Å². The third-order valence-electron chi connectivity index (χ3n) is 6.04. The van der Waals surface area contributed by atoms with Crippen LogP contribution in [0, 0.1) is 19.8 Å². The predicted molar refractivity (Wildman–Crippen MR) is 102 cm³/mol. The Morgan fingerprint density at radius 1 is 1.04 bits per heavy atom. The first-order valence-electron chi connectivity index (χ1n) is 9.06. The highest BCUT2D eigenvalue weighted by molar-refractivity contribution is 5.85. The van der Waals surface area contributed by atoms with Gasteiger partial charge in [0.25, 0.3) is 0 Å². The quantitative estimate of drug-likeness (QED) is 0.676. The summed E-state index contributed by atoms with van der Waals surface area (Å²) in [7, 11) is 0. The molecule has 0 spiro atoms. The maximum absolute atomic E-state index is 4.66. The fourth-order valence-electron chi connectivity index (χ4n) is 4.14. The van der Waals surface area contributed by atoms with E-state index >= 15 is 0 Å². The molecular weight excluding hydrogens is 292 g/mol. The van der Waals surface area contributed by atoms with Crippen LogP contribution in [0.5, 0.6) is 0 Å². The van der Waals surface area contributed by atoms with Crippen molar-refractivity contribution in [1.82, 2.24) is 4.98 Å². The fourth-order valence-corrected chi connectivity index (χ4v) is 4.14. The fraction of sp³-hybridized carbons (Fsp3) is 0.409. The van der Waals surface area contributed by atoms with Gasteiger partial charge in [0.2, 0.25) is 0 Å². The summed E-state index contributed by atoms with van der Waals surface area (Å²) in [5.74, 6) is 0.727. The molecule has 0 fully saturated rings. The van der Waals surface area contributed by atoms with Crippen LogP contribution in [0.2, 0.25) is 0 Å². The number of nitrogens with one attached hydrogen (secondary N) is 1. The van der Waals surface area contributed by atoms with E-state index in [9.17, 15) is 0 Å². The molecule has 2 aliphatic carbocycles. The zero-order valence-corrected chi connectivity index (χ0v) is 15.2. The SMILES string of the molecule is CC1=C(C)/C(=C2/C=C3C=C(c4[nH]cc(C)c4C)CCC3CC2)N=C1. The van der Waals surface area contributed by atoms with Crippen LogP contribution in [-0.4, -0.2) is 11.2 Å². The molecule has 24 heavy (non-hydrogen) atoms. The van der Waals surface area contributed by atoms with E-state index in [0.29, 0.717) is 0 Å². The summed E-state index contributed by atoms with van der Waals surface area (Å²) in [5.41, 5.74) is 12.3. The van der Waals surface area contributed by atoms with Crippen molar-refractivity contribution in [2.24, 2.45) is 10.9 Å². The minimum absolute atomic E-state index is 0.727. The number of rotatable bonds is 1. The highest BCUT2D eigenvalue weighted by Crippen LogP contribution is 2.42. The minimum atomic E-state index is 0.727. The molecule has 2 nitrogen and oxygen atoms in total. The van der Waals surface area contributed by atoms with Crippen molar-refractivity contribution in [2.45, 2.75) is 53.4 Å². The standard InChI is InChI=1S/C22H26N2/c1-13-11-23-21(15(13)3)18-7-5-17-6-8-19(10-20(17)9-18)22-16(4)14(2)12-24-22/h9-12,17,23H,5-8H2,1-4H3/b22-19-. The summed E-state index contributed by atoms with van der Waals surface area (Å²) in [4.78, 5) is 8.14. The number of aliphatic imine (C=N–C) groups is 1. The van der Waals surface area contributed by atoms with E-state index in [0.717, 1.165) is 12.3 Å². The van der Waals surface area contributed by atoms with Crippen LogP contribution in [0.4, 0.5) is 0 Å². The van der Waals surface area contributed by atoms with E-state index in [1.165, 1.54) is 69.6 Å². The largest absolute Gasteiger partial charge is 0.361 e.